The summed E-state index contributed by atoms with van der Waals surface area (Å²) in [7, 11) is 1.45. The Morgan fingerprint density at radius 1 is 1.37 bits per heavy atom. The second-order valence-electron chi connectivity index (χ2n) is 3.71. The van der Waals surface area contributed by atoms with Gasteiger partial charge in [0.1, 0.15) is 5.75 Å². The van der Waals surface area contributed by atoms with Gasteiger partial charge in [-0.1, -0.05) is 0 Å². The Morgan fingerprint density at radius 2 is 2.11 bits per heavy atom. The van der Waals surface area contributed by atoms with Gasteiger partial charge in [0.2, 0.25) is 5.91 Å². The Bertz CT molecular complexity index is 458. The summed E-state index contributed by atoms with van der Waals surface area (Å²) in [6.45, 7) is 2.68. The molecule has 0 aliphatic carbocycles. The second-order valence-corrected chi connectivity index (χ2v) is 3.71. The van der Waals surface area contributed by atoms with Gasteiger partial charge in [-0.15, -0.1) is 0 Å². The van der Waals surface area contributed by atoms with Crippen LogP contribution in [-0.2, 0) is 9.53 Å². The fourth-order valence-corrected chi connectivity index (χ4v) is 1.46. The number of carbonyl (C=O) groups is 2. The zero-order chi connectivity index (χ0) is 14.3. The van der Waals surface area contributed by atoms with Crippen LogP contribution in [0, 0.1) is 0 Å². The molecule has 0 aromatic heterocycles. The number of methoxy groups -OCH3 is 1. The van der Waals surface area contributed by atoms with Crippen LogP contribution in [0.1, 0.15) is 23.7 Å². The fraction of sp³-hybridized carbons (Fsp3) is 0.385. The summed E-state index contributed by atoms with van der Waals surface area (Å²) >= 11 is 0. The Hall–Kier alpha value is -2.08. The summed E-state index contributed by atoms with van der Waals surface area (Å²) in [4.78, 5) is 22.7. The van der Waals surface area contributed by atoms with E-state index in [0.717, 1.165) is 0 Å². The topological polar surface area (TPSA) is 84.9 Å². The highest BCUT2D eigenvalue weighted by atomic mass is 16.5. The molecule has 0 aliphatic rings. The van der Waals surface area contributed by atoms with Gasteiger partial charge in [0.15, 0.2) is 0 Å². The summed E-state index contributed by atoms with van der Waals surface area (Å²) < 4.78 is 10.0. The zero-order valence-corrected chi connectivity index (χ0v) is 10.9. The molecule has 0 aliphatic heterocycles. The van der Waals surface area contributed by atoms with E-state index in [1.165, 1.54) is 19.2 Å². The molecular weight excluding hydrogens is 250 g/mol. The summed E-state index contributed by atoms with van der Waals surface area (Å²) in [5.41, 5.74) is 0.235. The molecule has 104 valence electrons. The molecule has 2 N–H and O–H groups in total. The minimum atomic E-state index is -1.13. The number of benzene rings is 1. The number of nitrogens with one attached hydrogen (secondary N) is 1. The molecule has 0 fully saturated rings. The van der Waals surface area contributed by atoms with Crippen molar-refractivity contribution in [3.8, 4) is 5.75 Å². The number of rotatable bonds is 7. The average molecular weight is 267 g/mol. The third-order valence-electron chi connectivity index (χ3n) is 2.41. The molecule has 0 atom stereocenters. The lowest BCUT2D eigenvalue weighted by molar-refractivity contribution is -0.117. The largest absolute Gasteiger partial charge is 0.497 e. The smallest absolute Gasteiger partial charge is 0.337 e. The summed E-state index contributed by atoms with van der Waals surface area (Å²) in [6.07, 6.45) is 0.179. The van der Waals surface area contributed by atoms with Crippen LogP contribution in [0.4, 0.5) is 5.69 Å². The molecule has 0 heterocycles. The van der Waals surface area contributed by atoms with Crippen molar-refractivity contribution in [1.29, 1.82) is 0 Å². The molecule has 0 saturated heterocycles. The highest BCUT2D eigenvalue weighted by Gasteiger charge is 2.13. The van der Waals surface area contributed by atoms with E-state index < -0.39 is 5.97 Å². The number of hydrogen-bond acceptors (Lipinski definition) is 4. The number of carboxylic acid groups (broad SMARTS) is 1. The van der Waals surface area contributed by atoms with Crippen LogP contribution in [0.25, 0.3) is 0 Å². The third-order valence-corrected chi connectivity index (χ3v) is 2.41. The Balaban J connectivity index is 2.77. The van der Waals surface area contributed by atoms with E-state index >= 15 is 0 Å². The molecule has 1 amide bonds. The molecule has 0 bridgehead atoms. The zero-order valence-electron chi connectivity index (χ0n) is 10.9. The van der Waals surface area contributed by atoms with Crippen LogP contribution < -0.4 is 10.1 Å². The average Bonchev–Trinajstić information content (AvgIpc) is 2.39. The quantitative estimate of drug-likeness (QED) is 0.735. The van der Waals surface area contributed by atoms with Gasteiger partial charge in [0.05, 0.1) is 31.4 Å². The first kappa shape index (κ1) is 15.0. The maximum absolute atomic E-state index is 11.6. The minimum absolute atomic E-state index is 0.0101. The van der Waals surface area contributed by atoms with E-state index in [4.69, 9.17) is 14.6 Å². The molecule has 0 saturated carbocycles. The van der Waals surface area contributed by atoms with Gasteiger partial charge in [-0.05, 0) is 25.1 Å². The Kier molecular flexibility index (Phi) is 5.81. The Morgan fingerprint density at radius 3 is 2.68 bits per heavy atom. The Labute approximate surface area is 111 Å². The van der Waals surface area contributed by atoms with Crippen molar-refractivity contribution in [2.45, 2.75) is 13.3 Å². The first-order valence-corrected chi connectivity index (χ1v) is 5.87. The van der Waals surface area contributed by atoms with Gasteiger partial charge in [-0.3, -0.25) is 4.79 Å². The van der Waals surface area contributed by atoms with E-state index in [9.17, 15) is 9.59 Å². The van der Waals surface area contributed by atoms with E-state index in [1.54, 1.807) is 6.07 Å². The molecule has 0 unspecified atom stereocenters. The van der Waals surface area contributed by atoms with Crippen molar-refractivity contribution in [3.63, 3.8) is 0 Å². The van der Waals surface area contributed by atoms with Crippen LogP contribution >= 0.6 is 0 Å². The minimum Gasteiger partial charge on any atom is -0.497 e. The van der Waals surface area contributed by atoms with Crippen molar-refractivity contribution in [2.24, 2.45) is 0 Å². The van der Waals surface area contributed by atoms with E-state index in [0.29, 0.717) is 19.0 Å². The van der Waals surface area contributed by atoms with Gasteiger partial charge in [0.25, 0.3) is 0 Å². The normalized spacial score (nSPS) is 10.0. The van der Waals surface area contributed by atoms with Gasteiger partial charge in [-0.2, -0.15) is 0 Å². The standard InChI is InChI=1S/C13H17NO5/c1-3-19-7-6-12(15)14-11-5-4-9(18-2)8-10(11)13(16)17/h4-5,8H,3,6-7H2,1-2H3,(H,14,15)(H,16,17). The number of hydrogen-bond donors (Lipinski definition) is 2. The van der Waals surface area contributed by atoms with Crippen LogP contribution in [-0.4, -0.2) is 37.3 Å². The molecule has 1 aromatic rings. The fourth-order valence-electron chi connectivity index (χ4n) is 1.46. The third kappa shape index (κ3) is 4.59. The lowest BCUT2D eigenvalue weighted by Crippen LogP contribution is -2.16. The van der Waals surface area contributed by atoms with Crippen molar-refractivity contribution in [2.75, 3.05) is 25.6 Å². The van der Waals surface area contributed by atoms with Crippen LogP contribution in [0.2, 0.25) is 0 Å². The predicted molar refractivity (Wildman–Crippen MR) is 69.7 cm³/mol. The van der Waals surface area contributed by atoms with Crippen molar-refractivity contribution in [3.05, 3.63) is 23.8 Å². The number of carboxylic acids is 1. The first-order chi connectivity index (χ1) is 9.08. The molecule has 6 heteroatoms. The molecule has 0 spiro atoms. The molecule has 1 rings (SSSR count). The van der Waals surface area contributed by atoms with E-state index in [1.807, 2.05) is 6.92 Å². The lowest BCUT2D eigenvalue weighted by Gasteiger charge is -2.10. The first-order valence-electron chi connectivity index (χ1n) is 5.87. The van der Waals surface area contributed by atoms with Crippen LogP contribution in [0.5, 0.6) is 5.75 Å². The maximum Gasteiger partial charge on any atom is 0.337 e. The number of amides is 1. The highest BCUT2D eigenvalue weighted by molar-refractivity contribution is 6.00. The van der Waals surface area contributed by atoms with Crippen LogP contribution in [0.15, 0.2) is 18.2 Å². The lowest BCUT2D eigenvalue weighted by atomic mass is 10.1. The number of ether oxygens (including phenoxy) is 2. The summed E-state index contributed by atoms with van der Waals surface area (Å²) in [5, 5.41) is 11.6. The molecule has 0 radical (unpaired) electrons. The number of anilines is 1. The van der Waals surface area contributed by atoms with Crippen LogP contribution in [0.3, 0.4) is 0 Å². The van der Waals surface area contributed by atoms with E-state index in [-0.39, 0.29) is 23.6 Å². The number of carbonyl (C=O) groups excluding carboxylic acids is 1. The van der Waals surface area contributed by atoms with Gasteiger partial charge < -0.3 is 19.9 Å². The SMILES string of the molecule is CCOCCC(=O)Nc1ccc(OC)cc1C(=O)O. The summed E-state index contributed by atoms with van der Waals surface area (Å²) in [5.74, 6) is -0.996. The van der Waals surface area contributed by atoms with Gasteiger partial charge in [-0.25, -0.2) is 4.79 Å². The molecule has 6 nitrogen and oxygen atoms in total. The van der Waals surface area contributed by atoms with Crippen molar-refractivity contribution >= 4 is 17.6 Å². The van der Waals surface area contributed by atoms with E-state index in [2.05, 4.69) is 5.32 Å². The maximum atomic E-state index is 11.6. The number of aromatic carboxylic acids is 1. The predicted octanol–water partition coefficient (Wildman–Crippen LogP) is 1.76. The summed E-state index contributed by atoms with van der Waals surface area (Å²) in [6, 6.07) is 4.45. The monoisotopic (exact) mass is 267 g/mol. The van der Waals surface area contributed by atoms with Gasteiger partial charge in [0, 0.05) is 6.61 Å². The van der Waals surface area contributed by atoms with Gasteiger partial charge >= 0.3 is 5.97 Å². The van der Waals surface area contributed by atoms with Crippen molar-refractivity contribution < 1.29 is 24.2 Å². The molecule has 1 aromatic carbocycles. The van der Waals surface area contributed by atoms with Crippen molar-refractivity contribution in [1.82, 2.24) is 0 Å². The second kappa shape index (κ2) is 7.38. The molecule has 19 heavy (non-hydrogen) atoms. The molecular formula is C13H17NO5. The highest BCUT2D eigenvalue weighted by Crippen LogP contribution is 2.22.